The second-order valence-electron chi connectivity index (χ2n) is 9.91. The van der Waals surface area contributed by atoms with Gasteiger partial charge in [-0.25, -0.2) is 14.6 Å². The van der Waals surface area contributed by atoms with E-state index in [-0.39, 0.29) is 25.5 Å². The van der Waals surface area contributed by atoms with Crippen molar-refractivity contribution in [3.8, 4) is 11.1 Å². The van der Waals surface area contributed by atoms with Crippen LogP contribution in [-0.4, -0.2) is 59.2 Å². The Balaban J connectivity index is 1.11. The molecule has 0 aliphatic heterocycles. The second-order valence-corrected chi connectivity index (χ2v) is 10.8. The lowest BCUT2D eigenvalue weighted by Crippen LogP contribution is -2.48. The fraction of sp³-hybridized carbons (Fsp3) is 0.226. The monoisotopic (exact) mass is 570 g/mol. The molecule has 0 radical (unpaired) electrons. The fourth-order valence-corrected chi connectivity index (χ4v) is 5.73. The van der Waals surface area contributed by atoms with Gasteiger partial charge in [0.1, 0.15) is 12.6 Å². The van der Waals surface area contributed by atoms with Crippen LogP contribution in [0.5, 0.6) is 0 Å². The number of ether oxygens (including phenoxy) is 1. The van der Waals surface area contributed by atoms with Crippen molar-refractivity contribution >= 4 is 34.4 Å². The molecule has 210 valence electrons. The third kappa shape index (κ3) is 6.97. The first-order valence-corrected chi connectivity index (χ1v) is 14.1. The average Bonchev–Trinajstić information content (AvgIpc) is 3.53. The quantitative estimate of drug-likeness (QED) is 0.238. The third-order valence-corrected chi connectivity index (χ3v) is 7.68. The van der Waals surface area contributed by atoms with E-state index < -0.39 is 24.0 Å². The van der Waals surface area contributed by atoms with Gasteiger partial charge >= 0.3 is 12.1 Å². The van der Waals surface area contributed by atoms with Gasteiger partial charge < -0.3 is 15.2 Å². The summed E-state index contributed by atoms with van der Waals surface area (Å²) in [6, 6.07) is 24.8. The number of nitrogens with one attached hydrogen (secondary N) is 2. The molecule has 1 aromatic heterocycles. The average molecular weight is 571 g/mol. The standard InChI is InChI=1S/C31H30N4O5S/c1-35(16-20-9-3-2-4-10-20)17-27(29(37)38)33-28(36)15-21-19-41-30(32-21)34-31(39)40-18-26-24-13-7-5-11-22(24)23-12-6-8-14-25(23)26/h2-14,19,26-27H,15-18H2,1H3,(H,33,36)(H,37,38)(H,32,34,39). The number of carboxylic acid groups (broad SMARTS) is 1. The Bertz CT molecular complexity index is 1490. The van der Waals surface area contributed by atoms with Gasteiger partial charge in [0.25, 0.3) is 0 Å². The van der Waals surface area contributed by atoms with E-state index in [9.17, 15) is 19.5 Å². The summed E-state index contributed by atoms with van der Waals surface area (Å²) in [5.74, 6) is -1.64. The molecule has 9 nitrogen and oxygen atoms in total. The number of carboxylic acids is 1. The Morgan fingerprint density at radius 3 is 2.27 bits per heavy atom. The van der Waals surface area contributed by atoms with E-state index in [0.29, 0.717) is 17.4 Å². The molecule has 5 rings (SSSR count). The third-order valence-electron chi connectivity index (χ3n) is 6.87. The van der Waals surface area contributed by atoms with Crippen LogP contribution < -0.4 is 10.6 Å². The molecule has 4 aromatic rings. The number of hydrogen-bond acceptors (Lipinski definition) is 7. The van der Waals surface area contributed by atoms with Gasteiger partial charge in [0, 0.05) is 24.4 Å². The van der Waals surface area contributed by atoms with Crippen molar-refractivity contribution in [2.45, 2.75) is 24.9 Å². The van der Waals surface area contributed by atoms with Gasteiger partial charge in [0.15, 0.2) is 5.13 Å². The lowest BCUT2D eigenvalue weighted by molar-refractivity contribution is -0.142. The Kier molecular flexibility index (Phi) is 8.71. The number of fused-ring (bicyclic) bond motifs is 3. The number of rotatable bonds is 11. The number of nitrogens with zero attached hydrogens (tertiary/aromatic N) is 2. The van der Waals surface area contributed by atoms with Crippen LogP contribution in [0.1, 0.15) is 28.3 Å². The molecule has 0 saturated heterocycles. The summed E-state index contributed by atoms with van der Waals surface area (Å²) in [5.41, 5.74) is 6.00. The van der Waals surface area contributed by atoms with Crippen LogP contribution in [0.3, 0.4) is 0 Å². The number of thiazole rings is 1. The van der Waals surface area contributed by atoms with Gasteiger partial charge in [-0.05, 0) is 34.9 Å². The minimum absolute atomic E-state index is 0.0578. The van der Waals surface area contributed by atoms with Crippen LogP contribution in [0.15, 0.2) is 84.2 Å². The van der Waals surface area contributed by atoms with Gasteiger partial charge in [-0.2, -0.15) is 0 Å². The van der Waals surface area contributed by atoms with Crippen molar-refractivity contribution in [3.05, 3.63) is 107 Å². The maximum atomic E-state index is 12.6. The van der Waals surface area contributed by atoms with Gasteiger partial charge in [0.2, 0.25) is 5.91 Å². The molecule has 1 atom stereocenters. The predicted molar refractivity (Wildman–Crippen MR) is 157 cm³/mol. The summed E-state index contributed by atoms with van der Waals surface area (Å²) < 4.78 is 5.56. The first-order chi connectivity index (χ1) is 19.9. The number of hydrogen-bond donors (Lipinski definition) is 3. The Labute approximate surface area is 241 Å². The maximum Gasteiger partial charge on any atom is 0.413 e. The molecule has 2 amide bonds. The molecule has 1 unspecified atom stereocenters. The number of aliphatic carboxylic acids is 1. The SMILES string of the molecule is CN(Cc1ccccc1)CC(NC(=O)Cc1csc(NC(=O)OCC2c3ccccc3-c3ccccc32)n1)C(=O)O. The molecule has 0 spiro atoms. The number of carbonyl (C=O) groups excluding carboxylic acids is 2. The highest BCUT2D eigenvalue weighted by Crippen LogP contribution is 2.44. The van der Waals surface area contributed by atoms with Crippen molar-refractivity contribution < 1.29 is 24.2 Å². The molecule has 0 fully saturated rings. The van der Waals surface area contributed by atoms with Crippen molar-refractivity contribution in [3.63, 3.8) is 0 Å². The first-order valence-electron chi connectivity index (χ1n) is 13.2. The number of amides is 2. The van der Waals surface area contributed by atoms with Crippen LogP contribution >= 0.6 is 11.3 Å². The highest BCUT2D eigenvalue weighted by Gasteiger charge is 2.29. The van der Waals surface area contributed by atoms with Crippen molar-refractivity contribution in [1.29, 1.82) is 0 Å². The molecule has 41 heavy (non-hydrogen) atoms. The molecule has 1 heterocycles. The summed E-state index contributed by atoms with van der Waals surface area (Å²) in [4.78, 5) is 43.1. The van der Waals surface area contributed by atoms with Gasteiger partial charge in [-0.1, -0.05) is 78.9 Å². The topological polar surface area (TPSA) is 121 Å². The van der Waals surface area contributed by atoms with E-state index in [2.05, 4.69) is 39.9 Å². The van der Waals surface area contributed by atoms with Gasteiger partial charge in [-0.3, -0.25) is 15.0 Å². The van der Waals surface area contributed by atoms with Crippen LogP contribution in [0.2, 0.25) is 0 Å². The molecule has 1 aliphatic carbocycles. The van der Waals surface area contributed by atoms with Crippen molar-refractivity contribution in [1.82, 2.24) is 15.2 Å². The lowest BCUT2D eigenvalue weighted by Gasteiger charge is -2.22. The number of benzene rings is 3. The molecule has 10 heteroatoms. The number of carbonyl (C=O) groups is 3. The summed E-state index contributed by atoms with van der Waals surface area (Å²) >= 11 is 1.16. The highest BCUT2D eigenvalue weighted by atomic mass is 32.1. The zero-order valence-electron chi connectivity index (χ0n) is 22.4. The van der Waals surface area contributed by atoms with E-state index >= 15 is 0 Å². The smallest absolute Gasteiger partial charge is 0.413 e. The minimum Gasteiger partial charge on any atom is -0.480 e. The fourth-order valence-electron chi connectivity index (χ4n) is 5.03. The van der Waals surface area contributed by atoms with E-state index in [0.717, 1.165) is 39.2 Å². The maximum absolute atomic E-state index is 12.6. The minimum atomic E-state index is -1.12. The summed E-state index contributed by atoms with van der Waals surface area (Å²) in [5, 5.41) is 16.8. The zero-order valence-corrected chi connectivity index (χ0v) is 23.3. The zero-order chi connectivity index (χ0) is 28.8. The summed E-state index contributed by atoms with van der Waals surface area (Å²) in [7, 11) is 1.80. The first kappa shape index (κ1) is 28.0. The predicted octanol–water partition coefficient (Wildman–Crippen LogP) is 4.75. The normalized spacial score (nSPS) is 12.8. The molecule has 1 aliphatic rings. The molecule has 0 saturated carbocycles. The van der Waals surface area contributed by atoms with Gasteiger partial charge in [0.05, 0.1) is 12.1 Å². The molecular formula is C31H30N4O5S. The number of likely N-dealkylation sites (N-methyl/N-ethyl adjacent to an activating group) is 1. The van der Waals surface area contributed by atoms with Crippen molar-refractivity contribution in [2.75, 3.05) is 25.5 Å². The summed E-state index contributed by atoms with van der Waals surface area (Å²) in [6.07, 6.45) is -0.751. The van der Waals surface area contributed by atoms with Crippen molar-refractivity contribution in [2.24, 2.45) is 0 Å². The summed E-state index contributed by atoms with van der Waals surface area (Å²) in [6.45, 7) is 0.870. The largest absolute Gasteiger partial charge is 0.480 e. The second kappa shape index (κ2) is 12.8. The Morgan fingerprint density at radius 2 is 1.61 bits per heavy atom. The molecular weight excluding hydrogens is 540 g/mol. The Morgan fingerprint density at radius 1 is 0.976 bits per heavy atom. The molecule has 0 bridgehead atoms. The lowest BCUT2D eigenvalue weighted by atomic mass is 9.98. The van der Waals surface area contributed by atoms with Crippen LogP contribution in [-0.2, 0) is 27.3 Å². The Hall–Kier alpha value is -4.54. The number of anilines is 1. The van der Waals surface area contributed by atoms with E-state index in [1.54, 1.807) is 12.4 Å². The molecule has 3 N–H and O–H groups in total. The van der Waals surface area contributed by atoms with Crippen LogP contribution in [0.4, 0.5) is 9.93 Å². The van der Waals surface area contributed by atoms with Crippen LogP contribution in [0, 0.1) is 0 Å². The number of aromatic nitrogens is 1. The molecule has 3 aromatic carbocycles. The van der Waals surface area contributed by atoms with E-state index in [1.807, 2.05) is 59.5 Å². The van der Waals surface area contributed by atoms with Crippen LogP contribution in [0.25, 0.3) is 11.1 Å². The van der Waals surface area contributed by atoms with E-state index in [4.69, 9.17) is 4.74 Å². The van der Waals surface area contributed by atoms with E-state index in [1.165, 1.54) is 0 Å². The van der Waals surface area contributed by atoms with Gasteiger partial charge in [-0.15, -0.1) is 11.3 Å². The highest BCUT2D eigenvalue weighted by molar-refractivity contribution is 7.13.